The van der Waals surface area contributed by atoms with Crippen LogP contribution < -0.4 is 5.56 Å². The van der Waals surface area contributed by atoms with Crippen LogP contribution in [-0.4, -0.2) is 32.9 Å². The highest BCUT2D eigenvalue weighted by atomic mass is 32.1. The summed E-state index contributed by atoms with van der Waals surface area (Å²) in [5, 5.41) is 11.4. The maximum absolute atomic E-state index is 12.4. The number of ketones is 1. The van der Waals surface area contributed by atoms with Crippen molar-refractivity contribution in [3.8, 4) is 6.07 Å². The molecule has 148 valence electrons. The zero-order valence-corrected chi connectivity index (χ0v) is 16.9. The molecule has 0 radical (unpaired) electrons. The number of carbonyl (C=O) groups is 2. The average molecular weight is 410 g/mol. The second-order valence-electron chi connectivity index (χ2n) is 6.38. The number of Topliss-reactive ketones (excluding diaryl/α,β-unsaturated/α-hetero) is 1. The molecule has 1 atom stereocenters. The first-order valence-electron chi connectivity index (χ1n) is 8.88. The van der Waals surface area contributed by atoms with Crippen molar-refractivity contribution >= 4 is 34.1 Å². The van der Waals surface area contributed by atoms with Crippen molar-refractivity contribution < 1.29 is 14.3 Å². The maximum atomic E-state index is 12.4. The second kappa shape index (κ2) is 8.32. The van der Waals surface area contributed by atoms with E-state index in [0.717, 1.165) is 5.69 Å². The van der Waals surface area contributed by atoms with E-state index < -0.39 is 24.3 Å². The number of thiazole rings is 1. The largest absolute Gasteiger partial charge is 0.454 e. The number of aryl methyl sites for hydroxylation is 3. The van der Waals surface area contributed by atoms with Crippen LogP contribution >= 0.6 is 11.3 Å². The number of hydrogen-bond donors (Lipinski definition) is 0. The Morgan fingerprint density at radius 2 is 2.07 bits per heavy atom. The standard InChI is InChI=1S/C20H18N4O4S/c1-4-24-16-6-5-13(7-15(16)23-12(3)19(24)26)20(27)28-9-17(25)14(8-21)18-22-11(2)10-29-18/h5-7,10,14H,4,9H2,1-3H3/t14-/m1/s1. The fraction of sp³-hybridized carbons (Fsp3) is 0.300. The molecule has 8 nitrogen and oxygen atoms in total. The van der Waals surface area contributed by atoms with Gasteiger partial charge in [-0.05, 0) is 39.0 Å². The summed E-state index contributed by atoms with van der Waals surface area (Å²) in [6.45, 7) is 5.17. The van der Waals surface area contributed by atoms with Crippen LogP contribution in [0.15, 0.2) is 28.4 Å². The Hall–Kier alpha value is -3.38. The Kier molecular flexibility index (Phi) is 5.84. The van der Waals surface area contributed by atoms with Gasteiger partial charge in [0.2, 0.25) is 0 Å². The number of hydrogen-bond acceptors (Lipinski definition) is 8. The molecule has 9 heteroatoms. The summed E-state index contributed by atoms with van der Waals surface area (Å²) in [6.07, 6.45) is 0. The van der Waals surface area contributed by atoms with Crippen molar-refractivity contribution in [1.29, 1.82) is 5.26 Å². The van der Waals surface area contributed by atoms with Crippen LogP contribution in [0.5, 0.6) is 0 Å². The van der Waals surface area contributed by atoms with E-state index in [1.54, 1.807) is 29.9 Å². The smallest absolute Gasteiger partial charge is 0.338 e. The Balaban J connectivity index is 1.78. The predicted molar refractivity (Wildman–Crippen MR) is 107 cm³/mol. The molecule has 29 heavy (non-hydrogen) atoms. The number of esters is 1. The Morgan fingerprint density at radius 1 is 1.31 bits per heavy atom. The van der Waals surface area contributed by atoms with E-state index in [1.165, 1.54) is 23.5 Å². The van der Waals surface area contributed by atoms with Gasteiger partial charge in [0.25, 0.3) is 5.56 Å². The summed E-state index contributed by atoms with van der Waals surface area (Å²) >= 11 is 1.22. The number of aromatic nitrogens is 3. The third kappa shape index (κ3) is 4.07. The number of nitriles is 1. The van der Waals surface area contributed by atoms with Gasteiger partial charge in [0.05, 0.1) is 22.7 Å². The van der Waals surface area contributed by atoms with Crippen LogP contribution in [0.25, 0.3) is 11.0 Å². The maximum Gasteiger partial charge on any atom is 0.338 e. The minimum atomic E-state index is -1.07. The molecule has 0 amide bonds. The van der Waals surface area contributed by atoms with Crippen molar-refractivity contribution in [2.45, 2.75) is 33.2 Å². The molecular formula is C20H18N4O4S. The lowest BCUT2D eigenvalue weighted by Gasteiger charge is -2.10. The molecule has 0 aliphatic carbocycles. The van der Waals surface area contributed by atoms with E-state index in [1.807, 2.05) is 13.0 Å². The Morgan fingerprint density at radius 3 is 2.69 bits per heavy atom. The summed E-state index contributed by atoms with van der Waals surface area (Å²) in [7, 11) is 0. The number of ether oxygens (including phenoxy) is 1. The van der Waals surface area contributed by atoms with Crippen LogP contribution in [0, 0.1) is 25.2 Å². The summed E-state index contributed by atoms with van der Waals surface area (Å²) in [5.74, 6) is -2.31. The summed E-state index contributed by atoms with van der Waals surface area (Å²) < 4.78 is 6.67. The van der Waals surface area contributed by atoms with Gasteiger partial charge in [-0.25, -0.2) is 14.8 Å². The molecule has 3 rings (SSSR count). The van der Waals surface area contributed by atoms with Crippen LogP contribution in [0.4, 0.5) is 0 Å². The van der Waals surface area contributed by atoms with Gasteiger partial charge in [-0.3, -0.25) is 9.59 Å². The van der Waals surface area contributed by atoms with Gasteiger partial charge in [-0.1, -0.05) is 0 Å². The third-order valence-electron chi connectivity index (χ3n) is 4.34. The lowest BCUT2D eigenvalue weighted by atomic mass is 10.1. The van der Waals surface area contributed by atoms with Crippen LogP contribution in [0.2, 0.25) is 0 Å². The van der Waals surface area contributed by atoms with E-state index in [4.69, 9.17) is 4.74 Å². The van der Waals surface area contributed by atoms with Gasteiger partial charge in [-0.2, -0.15) is 5.26 Å². The molecular weight excluding hydrogens is 392 g/mol. The number of rotatable bonds is 6. The number of fused-ring (bicyclic) bond motifs is 1. The van der Waals surface area contributed by atoms with E-state index >= 15 is 0 Å². The molecule has 0 bridgehead atoms. The predicted octanol–water partition coefficient (Wildman–Crippen LogP) is 2.52. The van der Waals surface area contributed by atoms with Gasteiger partial charge < -0.3 is 9.30 Å². The quantitative estimate of drug-likeness (QED) is 0.573. The van der Waals surface area contributed by atoms with Crippen molar-refractivity contribution in [2.75, 3.05) is 6.61 Å². The van der Waals surface area contributed by atoms with Gasteiger partial charge in [-0.15, -0.1) is 11.3 Å². The Bertz CT molecular complexity index is 1210. The molecule has 0 saturated heterocycles. The Labute approximate surface area is 170 Å². The lowest BCUT2D eigenvalue weighted by molar-refractivity contribution is -0.122. The van der Waals surface area contributed by atoms with E-state index in [-0.39, 0.29) is 11.1 Å². The fourth-order valence-corrected chi connectivity index (χ4v) is 3.75. The van der Waals surface area contributed by atoms with Crippen LogP contribution in [-0.2, 0) is 16.1 Å². The molecule has 0 unspecified atom stereocenters. The van der Waals surface area contributed by atoms with Crippen molar-refractivity contribution in [3.05, 3.63) is 55.9 Å². The topological polar surface area (TPSA) is 115 Å². The molecule has 0 spiro atoms. The fourth-order valence-electron chi connectivity index (χ4n) is 2.89. The molecule has 3 aromatic rings. The third-order valence-corrected chi connectivity index (χ3v) is 5.37. The van der Waals surface area contributed by atoms with Crippen molar-refractivity contribution in [2.24, 2.45) is 0 Å². The molecule has 0 N–H and O–H groups in total. The summed E-state index contributed by atoms with van der Waals surface area (Å²) in [6, 6.07) is 6.57. The van der Waals surface area contributed by atoms with Crippen LogP contribution in [0.3, 0.4) is 0 Å². The normalized spacial score (nSPS) is 11.8. The minimum Gasteiger partial charge on any atom is -0.454 e. The zero-order chi connectivity index (χ0) is 21.1. The van der Waals surface area contributed by atoms with Crippen molar-refractivity contribution in [3.63, 3.8) is 0 Å². The second-order valence-corrected chi connectivity index (χ2v) is 7.27. The summed E-state index contributed by atoms with van der Waals surface area (Å²) in [4.78, 5) is 45.3. The number of nitrogens with zero attached hydrogens (tertiary/aromatic N) is 4. The molecule has 0 aliphatic rings. The van der Waals surface area contributed by atoms with E-state index in [0.29, 0.717) is 28.3 Å². The van der Waals surface area contributed by atoms with Crippen LogP contribution in [0.1, 0.15) is 39.6 Å². The zero-order valence-electron chi connectivity index (χ0n) is 16.1. The van der Waals surface area contributed by atoms with E-state index in [9.17, 15) is 19.6 Å². The van der Waals surface area contributed by atoms with E-state index in [2.05, 4.69) is 9.97 Å². The molecule has 0 saturated carbocycles. The minimum absolute atomic E-state index is 0.180. The first-order chi connectivity index (χ1) is 13.8. The highest BCUT2D eigenvalue weighted by Crippen LogP contribution is 2.21. The number of benzene rings is 1. The van der Waals surface area contributed by atoms with Gasteiger partial charge in [0.1, 0.15) is 10.7 Å². The first kappa shape index (κ1) is 20.4. The number of carbonyl (C=O) groups excluding carboxylic acids is 2. The summed E-state index contributed by atoms with van der Waals surface area (Å²) in [5.41, 5.74) is 2.17. The monoisotopic (exact) mass is 410 g/mol. The highest BCUT2D eigenvalue weighted by molar-refractivity contribution is 7.09. The average Bonchev–Trinajstić information content (AvgIpc) is 3.13. The van der Waals surface area contributed by atoms with Gasteiger partial charge in [0.15, 0.2) is 18.3 Å². The highest BCUT2D eigenvalue weighted by Gasteiger charge is 2.25. The molecule has 2 heterocycles. The van der Waals surface area contributed by atoms with Gasteiger partial charge in [0, 0.05) is 17.6 Å². The molecule has 0 aliphatic heterocycles. The molecule has 0 fully saturated rings. The van der Waals surface area contributed by atoms with Crippen molar-refractivity contribution in [1.82, 2.24) is 14.5 Å². The van der Waals surface area contributed by atoms with Gasteiger partial charge >= 0.3 is 5.97 Å². The molecule has 2 aromatic heterocycles. The SMILES string of the molecule is CCn1c(=O)c(C)nc2cc(C(=O)OCC(=O)[C@@H](C#N)c3nc(C)cs3)ccc21. The lowest BCUT2D eigenvalue weighted by Crippen LogP contribution is -2.23. The first-order valence-corrected chi connectivity index (χ1v) is 9.76. The molecule has 1 aromatic carbocycles.